The van der Waals surface area contributed by atoms with Gasteiger partial charge in [0.15, 0.2) is 11.0 Å². The number of hydrogen-bond donors (Lipinski definition) is 0. The SMILES string of the molecule is CCOC(=O)c1ocnc1Br. The molecule has 0 atom stereocenters. The van der Waals surface area contributed by atoms with Crippen molar-refractivity contribution in [1.29, 1.82) is 0 Å². The number of halogens is 1. The van der Waals surface area contributed by atoms with Gasteiger partial charge in [-0.1, -0.05) is 0 Å². The van der Waals surface area contributed by atoms with Crippen molar-refractivity contribution in [3.63, 3.8) is 0 Å². The smallest absolute Gasteiger partial charge is 0.377 e. The molecular formula is C6H6BrNO3. The van der Waals surface area contributed by atoms with Crippen molar-refractivity contribution in [2.45, 2.75) is 6.92 Å². The predicted octanol–water partition coefficient (Wildman–Crippen LogP) is 1.61. The minimum Gasteiger partial charge on any atom is -0.460 e. The van der Waals surface area contributed by atoms with Gasteiger partial charge in [-0.3, -0.25) is 0 Å². The van der Waals surface area contributed by atoms with Crippen LogP contribution >= 0.6 is 15.9 Å². The summed E-state index contributed by atoms with van der Waals surface area (Å²) >= 11 is 3.03. The number of nitrogens with zero attached hydrogens (tertiary/aromatic N) is 1. The molecule has 60 valence electrons. The maximum atomic E-state index is 10.9. The highest BCUT2D eigenvalue weighted by Gasteiger charge is 2.15. The van der Waals surface area contributed by atoms with Gasteiger partial charge in [0.2, 0.25) is 5.76 Å². The summed E-state index contributed by atoms with van der Waals surface area (Å²) in [6.45, 7) is 2.05. The summed E-state index contributed by atoms with van der Waals surface area (Å²) in [5.74, 6) is -0.399. The molecule has 0 unspecified atom stereocenters. The van der Waals surface area contributed by atoms with E-state index < -0.39 is 5.97 Å². The van der Waals surface area contributed by atoms with Gasteiger partial charge in [-0.25, -0.2) is 9.78 Å². The normalized spacial score (nSPS) is 9.64. The zero-order valence-corrected chi connectivity index (χ0v) is 7.42. The van der Waals surface area contributed by atoms with Gasteiger partial charge in [0.05, 0.1) is 6.61 Å². The number of hydrogen-bond acceptors (Lipinski definition) is 4. The summed E-state index contributed by atoms with van der Waals surface area (Å²) < 4.78 is 9.78. The van der Waals surface area contributed by atoms with E-state index in [9.17, 15) is 4.79 Å². The molecular weight excluding hydrogens is 214 g/mol. The second-order valence-corrected chi connectivity index (χ2v) is 2.44. The maximum absolute atomic E-state index is 10.9. The molecule has 1 aromatic rings. The van der Waals surface area contributed by atoms with Gasteiger partial charge in [0, 0.05) is 0 Å². The third kappa shape index (κ3) is 1.80. The highest BCUT2D eigenvalue weighted by molar-refractivity contribution is 9.10. The number of aromatic nitrogens is 1. The quantitative estimate of drug-likeness (QED) is 0.710. The topological polar surface area (TPSA) is 52.3 Å². The Balaban J connectivity index is 2.76. The van der Waals surface area contributed by atoms with Crippen LogP contribution in [0.4, 0.5) is 0 Å². The molecule has 0 aliphatic carbocycles. The molecule has 1 aromatic heterocycles. The van der Waals surface area contributed by atoms with Gasteiger partial charge in [-0.15, -0.1) is 0 Å². The van der Waals surface area contributed by atoms with Crippen molar-refractivity contribution in [2.24, 2.45) is 0 Å². The first-order valence-corrected chi connectivity index (χ1v) is 3.81. The summed E-state index contributed by atoms with van der Waals surface area (Å²) in [5.41, 5.74) is 0. The van der Waals surface area contributed by atoms with Crippen LogP contribution in [-0.2, 0) is 4.74 Å². The lowest BCUT2D eigenvalue weighted by Crippen LogP contribution is -2.03. The van der Waals surface area contributed by atoms with Crippen LogP contribution < -0.4 is 0 Å². The lowest BCUT2D eigenvalue weighted by molar-refractivity contribution is 0.0488. The van der Waals surface area contributed by atoms with Crippen molar-refractivity contribution in [3.05, 3.63) is 16.8 Å². The molecule has 11 heavy (non-hydrogen) atoms. The first-order valence-electron chi connectivity index (χ1n) is 3.01. The molecule has 0 aromatic carbocycles. The molecule has 0 radical (unpaired) electrons. The van der Waals surface area contributed by atoms with E-state index in [0.717, 1.165) is 0 Å². The largest absolute Gasteiger partial charge is 0.460 e. The molecule has 4 nitrogen and oxygen atoms in total. The van der Waals surface area contributed by atoms with Crippen LogP contribution in [0.5, 0.6) is 0 Å². The van der Waals surface area contributed by atoms with E-state index >= 15 is 0 Å². The van der Waals surface area contributed by atoms with Crippen LogP contribution in [0.1, 0.15) is 17.5 Å². The maximum Gasteiger partial charge on any atom is 0.377 e. The number of oxazole rings is 1. The Morgan fingerprint density at radius 2 is 2.64 bits per heavy atom. The first kappa shape index (κ1) is 8.26. The molecule has 0 fully saturated rings. The third-order valence-electron chi connectivity index (χ3n) is 0.985. The van der Waals surface area contributed by atoms with E-state index in [0.29, 0.717) is 11.2 Å². The Labute approximate surface area is 71.7 Å². The van der Waals surface area contributed by atoms with Crippen LogP contribution in [0.3, 0.4) is 0 Å². The second-order valence-electron chi connectivity index (χ2n) is 1.69. The van der Waals surface area contributed by atoms with Gasteiger partial charge < -0.3 is 9.15 Å². The predicted molar refractivity (Wildman–Crippen MR) is 40.2 cm³/mol. The first-order chi connectivity index (χ1) is 5.25. The summed E-state index contributed by atoms with van der Waals surface area (Å²) in [6, 6.07) is 0. The van der Waals surface area contributed by atoms with E-state index in [4.69, 9.17) is 4.42 Å². The van der Waals surface area contributed by atoms with Crippen molar-refractivity contribution < 1.29 is 13.9 Å². The summed E-state index contributed by atoms with van der Waals surface area (Å²) in [7, 11) is 0. The number of esters is 1. The average molecular weight is 220 g/mol. The molecule has 0 saturated heterocycles. The highest BCUT2D eigenvalue weighted by Crippen LogP contribution is 2.14. The molecule has 0 N–H and O–H groups in total. The van der Waals surface area contributed by atoms with E-state index in [1.54, 1.807) is 6.92 Å². The van der Waals surface area contributed by atoms with E-state index in [-0.39, 0.29) is 5.76 Å². The summed E-state index contributed by atoms with van der Waals surface area (Å²) in [6.07, 6.45) is 1.18. The number of ether oxygens (including phenoxy) is 1. The third-order valence-corrected chi connectivity index (χ3v) is 1.55. The van der Waals surface area contributed by atoms with Crippen molar-refractivity contribution in [2.75, 3.05) is 6.61 Å². The standard InChI is InChI=1S/C6H6BrNO3/c1-2-10-6(9)4-5(7)8-3-11-4/h3H,2H2,1H3. The second kappa shape index (κ2) is 3.52. The average Bonchev–Trinajstić information content (AvgIpc) is 2.36. The molecule has 5 heteroatoms. The van der Waals surface area contributed by atoms with Crippen LogP contribution in [0.25, 0.3) is 0 Å². The van der Waals surface area contributed by atoms with Crippen LogP contribution in [-0.4, -0.2) is 17.6 Å². The minimum atomic E-state index is -0.503. The number of carbonyl (C=O) groups excluding carboxylic acids is 1. The zero-order chi connectivity index (χ0) is 8.27. The van der Waals surface area contributed by atoms with Crippen LogP contribution in [0.15, 0.2) is 15.4 Å². The molecule has 1 rings (SSSR count). The van der Waals surface area contributed by atoms with Crippen LogP contribution in [0.2, 0.25) is 0 Å². The lowest BCUT2D eigenvalue weighted by Gasteiger charge is -1.95. The van der Waals surface area contributed by atoms with Crippen LogP contribution in [0, 0.1) is 0 Å². The number of carbonyl (C=O) groups is 1. The van der Waals surface area contributed by atoms with Crippen molar-refractivity contribution >= 4 is 21.9 Å². The molecule has 0 amide bonds. The summed E-state index contributed by atoms with van der Waals surface area (Å²) in [4.78, 5) is 14.6. The Kier molecular flexibility index (Phi) is 2.64. The Morgan fingerprint density at radius 1 is 1.91 bits per heavy atom. The molecule has 1 heterocycles. The Bertz CT molecular complexity index is 258. The fourth-order valence-electron chi connectivity index (χ4n) is 0.562. The summed E-state index contributed by atoms with van der Waals surface area (Å²) in [5, 5.41) is 0. The number of rotatable bonds is 2. The van der Waals surface area contributed by atoms with Gasteiger partial charge in [-0.05, 0) is 22.9 Å². The van der Waals surface area contributed by atoms with E-state index in [1.165, 1.54) is 6.39 Å². The fourth-order valence-corrected chi connectivity index (χ4v) is 0.900. The molecule has 0 spiro atoms. The van der Waals surface area contributed by atoms with Gasteiger partial charge in [0.1, 0.15) is 0 Å². The molecule has 0 aliphatic heterocycles. The van der Waals surface area contributed by atoms with Crippen molar-refractivity contribution in [3.8, 4) is 0 Å². The lowest BCUT2D eigenvalue weighted by atomic mass is 10.5. The van der Waals surface area contributed by atoms with Crippen molar-refractivity contribution in [1.82, 2.24) is 4.98 Å². The van der Waals surface area contributed by atoms with E-state index in [2.05, 4.69) is 25.7 Å². The van der Waals surface area contributed by atoms with Gasteiger partial charge in [-0.2, -0.15) is 0 Å². The fraction of sp³-hybridized carbons (Fsp3) is 0.333. The molecule has 0 aliphatic rings. The molecule has 0 saturated carbocycles. The van der Waals surface area contributed by atoms with Gasteiger partial charge >= 0.3 is 5.97 Å². The zero-order valence-electron chi connectivity index (χ0n) is 5.83. The minimum absolute atomic E-state index is 0.104. The Hall–Kier alpha value is -0.840. The molecule has 0 bridgehead atoms. The Morgan fingerprint density at radius 3 is 3.09 bits per heavy atom. The highest BCUT2D eigenvalue weighted by atomic mass is 79.9. The van der Waals surface area contributed by atoms with E-state index in [1.807, 2.05) is 0 Å². The van der Waals surface area contributed by atoms with Gasteiger partial charge in [0.25, 0.3) is 0 Å². The monoisotopic (exact) mass is 219 g/mol.